The number of benzene rings is 2. The van der Waals surface area contributed by atoms with Gasteiger partial charge in [0.05, 0.1) is 24.5 Å². The molecule has 2 aliphatic rings. The Kier molecular flexibility index (Phi) is 4.55. The van der Waals surface area contributed by atoms with Crippen LogP contribution in [0.2, 0.25) is 0 Å². The van der Waals surface area contributed by atoms with Crippen molar-refractivity contribution in [1.29, 1.82) is 0 Å². The first-order chi connectivity index (χ1) is 13.5. The predicted molar refractivity (Wildman–Crippen MR) is 106 cm³/mol. The SMILES string of the molecule is COC(=O)[C@@H]1C(=O)C2=C(C[C@@H]1C)Nc1ccccc1N[C@@H]2c1cccc(O)c1. The maximum absolute atomic E-state index is 13.4. The van der Waals surface area contributed by atoms with Crippen LogP contribution in [0.15, 0.2) is 59.8 Å². The van der Waals surface area contributed by atoms with Gasteiger partial charge < -0.3 is 20.5 Å². The molecular weight excluding hydrogens is 356 g/mol. The molecule has 0 radical (unpaired) electrons. The molecule has 6 nitrogen and oxygen atoms in total. The first-order valence-electron chi connectivity index (χ1n) is 9.26. The van der Waals surface area contributed by atoms with Crippen molar-refractivity contribution < 1.29 is 19.4 Å². The lowest BCUT2D eigenvalue weighted by molar-refractivity contribution is -0.151. The molecule has 28 heavy (non-hydrogen) atoms. The molecule has 0 saturated carbocycles. The minimum atomic E-state index is -0.839. The lowest BCUT2D eigenvalue weighted by Gasteiger charge is -2.32. The smallest absolute Gasteiger partial charge is 0.316 e. The first-order valence-corrected chi connectivity index (χ1v) is 9.26. The lowest BCUT2D eigenvalue weighted by atomic mass is 9.75. The number of fused-ring (bicyclic) bond motifs is 1. The fraction of sp³-hybridized carbons (Fsp3) is 0.273. The Balaban J connectivity index is 1.88. The summed E-state index contributed by atoms with van der Waals surface area (Å²) in [5.74, 6) is -1.66. The number of ether oxygens (including phenoxy) is 1. The molecule has 1 heterocycles. The summed E-state index contributed by atoms with van der Waals surface area (Å²) in [7, 11) is 1.30. The molecule has 0 bridgehead atoms. The van der Waals surface area contributed by atoms with Crippen molar-refractivity contribution in [1.82, 2.24) is 0 Å². The van der Waals surface area contributed by atoms with Crippen LogP contribution in [-0.2, 0) is 14.3 Å². The summed E-state index contributed by atoms with van der Waals surface area (Å²) in [6, 6.07) is 14.0. The predicted octanol–water partition coefficient (Wildman–Crippen LogP) is 3.62. The van der Waals surface area contributed by atoms with E-state index in [-0.39, 0.29) is 17.5 Å². The number of hydrogen-bond donors (Lipinski definition) is 3. The van der Waals surface area contributed by atoms with E-state index >= 15 is 0 Å². The third-order valence-electron chi connectivity index (χ3n) is 5.43. The molecule has 1 aliphatic heterocycles. The first kappa shape index (κ1) is 18.1. The molecular formula is C22H22N2O4. The van der Waals surface area contributed by atoms with Gasteiger partial charge in [-0.1, -0.05) is 31.2 Å². The number of hydrogen-bond acceptors (Lipinski definition) is 6. The van der Waals surface area contributed by atoms with Gasteiger partial charge in [-0.25, -0.2) is 0 Å². The van der Waals surface area contributed by atoms with Gasteiger partial charge in [0.2, 0.25) is 0 Å². The van der Waals surface area contributed by atoms with E-state index in [0.29, 0.717) is 12.0 Å². The van der Waals surface area contributed by atoms with Crippen LogP contribution in [0.5, 0.6) is 5.75 Å². The van der Waals surface area contributed by atoms with E-state index < -0.39 is 17.9 Å². The Morgan fingerprint density at radius 1 is 1.14 bits per heavy atom. The zero-order valence-electron chi connectivity index (χ0n) is 15.7. The van der Waals surface area contributed by atoms with E-state index in [9.17, 15) is 14.7 Å². The Morgan fingerprint density at radius 3 is 2.61 bits per heavy atom. The van der Waals surface area contributed by atoms with E-state index in [1.54, 1.807) is 18.2 Å². The van der Waals surface area contributed by atoms with Crippen molar-refractivity contribution in [2.45, 2.75) is 19.4 Å². The standard InChI is InChI=1S/C22H22N2O4/c1-12-10-17-19(21(26)18(12)22(27)28-2)20(13-6-5-7-14(25)11-13)24-16-9-4-3-8-15(16)23-17/h3-9,11-12,18,20,23-25H,10H2,1-2H3/t12-,18-,20+/m0/s1. The number of phenolic OH excluding ortho intramolecular Hbond substituents is 1. The molecule has 2 aromatic carbocycles. The van der Waals surface area contributed by atoms with E-state index in [0.717, 1.165) is 22.6 Å². The average molecular weight is 378 g/mol. The van der Waals surface area contributed by atoms with Gasteiger partial charge in [0.15, 0.2) is 5.78 Å². The van der Waals surface area contributed by atoms with Crippen LogP contribution in [0.3, 0.4) is 0 Å². The number of rotatable bonds is 2. The quantitative estimate of drug-likeness (QED) is 0.546. The Hall–Kier alpha value is -3.28. The molecule has 144 valence electrons. The monoisotopic (exact) mass is 378 g/mol. The number of phenols is 1. The van der Waals surface area contributed by atoms with Crippen molar-refractivity contribution in [3.8, 4) is 5.75 Å². The second-order valence-electron chi connectivity index (χ2n) is 7.28. The fourth-order valence-corrected chi connectivity index (χ4v) is 4.09. The number of Topliss-reactive ketones (excluding diaryl/α,β-unsaturated/α-hetero) is 1. The second-order valence-corrected chi connectivity index (χ2v) is 7.28. The molecule has 0 unspecified atom stereocenters. The van der Waals surface area contributed by atoms with Crippen molar-refractivity contribution in [3.05, 3.63) is 65.4 Å². The number of para-hydroxylation sites is 2. The highest BCUT2D eigenvalue weighted by molar-refractivity contribution is 6.11. The van der Waals surface area contributed by atoms with Gasteiger partial charge in [-0.3, -0.25) is 9.59 Å². The van der Waals surface area contributed by atoms with Crippen LogP contribution in [0.25, 0.3) is 0 Å². The summed E-state index contributed by atoms with van der Waals surface area (Å²) < 4.78 is 4.90. The van der Waals surface area contributed by atoms with Crippen LogP contribution >= 0.6 is 0 Å². The highest BCUT2D eigenvalue weighted by Crippen LogP contribution is 2.44. The van der Waals surface area contributed by atoms with Crippen LogP contribution in [0, 0.1) is 11.8 Å². The van der Waals surface area contributed by atoms with Gasteiger partial charge in [0, 0.05) is 11.3 Å². The van der Waals surface area contributed by atoms with E-state index in [1.165, 1.54) is 7.11 Å². The number of carbonyl (C=O) groups excluding carboxylic acids is 2. The molecule has 0 fully saturated rings. The third kappa shape index (κ3) is 3.01. The fourth-order valence-electron chi connectivity index (χ4n) is 4.09. The molecule has 0 aromatic heterocycles. The summed E-state index contributed by atoms with van der Waals surface area (Å²) in [5.41, 5.74) is 3.77. The highest BCUT2D eigenvalue weighted by atomic mass is 16.5. The van der Waals surface area contributed by atoms with E-state index in [4.69, 9.17) is 4.74 Å². The van der Waals surface area contributed by atoms with Crippen LogP contribution < -0.4 is 10.6 Å². The van der Waals surface area contributed by atoms with Gasteiger partial charge in [0.25, 0.3) is 0 Å². The van der Waals surface area contributed by atoms with Crippen LogP contribution in [0.1, 0.15) is 24.9 Å². The van der Waals surface area contributed by atoms with Crippen molar-refractivity contribution in [2.75, 3.05) is 17.7 Å². The number of carbonyl (C=O) groups is 2. The second kappa shape index (κ2) is 7.03. The molecule has 3 atom stereocenters. The molecule has 3 N–H and O–H groups in total. The molecule has 0 spiro atoms. The lowest BCUT2D eigenvalue weighted by Crippen LogP contribution is -2.39. The maximum atomic E-state index is 13.4. The minimum Gasteiger partial charge on any atom is -0.508 e. The van der Waals surface area contributed by atoms with Gasteiger partial charge >= 0.3 is 5.97 Å². The number of ketones is 1. The summed E-state index contributed by atoms with van der Waals surface area (Å²) in [4.78, 5) is 25.8. The van der Waals surface area contributed by atoms with Crippen LogP contribution in [-0.4, -0.2) is 24.0 Å². The molecule has 4 rings (SSSR count). The third-order valence-corrected chi connectivity index (χ3v) is 5.43. The Morgan fingerprint density at radius 2 is 1.89 bits per heavy atom. The van der Waals surface area contributed by atoms with Gasteiger partial charge in [0.1, 0.15) is 11.7 Å². The number of esters is 1. The minimum absolute atomic E-state index is 0.119. The van der Waals surface area contributed by atoms with Gasteiger partial charge in [-0.15, -0.1) is 0 Å². The van der Waals surface area contributed by atoms with Gasteiger partial charge in [-0.05, 0) is 42.2 Å². The van der Waals surface area contributed by atoms with Gasteiger partial charge in [-0.2, -0.15) is 0 Å². The van der Waals surface area contributed by atoms with E-state index in [2.05, 4.69) is 10.6 Å². The summed E-state index contributed by atoms with van der Waals surface area (Å²) >= 11 is 0. The average Bonchev–Trinajstić information content (AvgIpc) is 2.84. The molecule has 0 amide bonds. The highest BCUT2D eigenvalue weighted by Gasteiger charge is 2.44. The number of methoxy groups -OCH3 is 1. The van der Waals surface area contributed by atoms with Crippen molar-refractivity contribution >= 4 is 23.1 Å². The summed E-state index contributed by atoms with van der Waals surface area (Å²) in [6.45, 7) is 1.89. The van der Waals surface area contributed by atoms with E-state index in [1.807, 2.05) is 37.3 Å². The Bertz CT molecular complexity index is 982. The van der Waals surface area contributed by atoms with Crippen molar-refractivity contribution in [2.24, 2.45) is 11.8 Å². The summed E-state index contributed by atoms with van der Waals surface area (Å²) in [6.07, 6.45) is 0.548. The maximum Gasteiger partial charge on any atom is 0.316 e. The van der Waals surface area contributed by atoms with Crippen LogP contribution in [0.4, 0.5) is 11.4 Å². The number of anilines is 2. The molecule has 2 aromatic rings. The largest absolute Gasteiger partial charge is 0.508 e. The van der Waals surface area contributed by atoms with Crippen molar-refractivity contribution in [3.63, 3.8) is 0 Å². The molecule has 6 heteroatoms. The number of allylic oxidation sites excluding steroid dienone is 1. The number of aromatic hydroxyl groups is 1. The molecule has 0 saturated heterocycles. The zero-order valence-corrected chi connectivity index (χ0v) is 15.7. The summed E-state index contributed by atoms with van der Waals surface area (Å²) in [5, 5.41) is 16.8. The Labute approximate surface area is 163 Å². The zero-order chi connectivity index (χ0) is 19.8. The number of nitrogens with one attached hydrogen (secondary N) is 2. The normalized spacial score (nSPS) is 23.6. The topological polar surface area (TPSA) is 87.7 Å². The molecule has 1 aliphatic carbocycles.